The van der Waals surface area contributed by atoms with Crippen molar-refractivity contribution in [1.29, 1.82) is 0 Å². The number of hydrogen-bond donors (Lipinski definition) is 1. The average Bonchev–Trinajstić information content (AvgIpc) is 2.80. The highest BCUT2D eigenvalue weighted by Crippen LogP contribution is 2.31. The van der Waals surface area contributed by atoms with Gasteiger partial charge in [0, 0.05) is 26.3 Å². The fourth-order valence-electron chi connectivity index (χ4n) is 3.03. The standard InChI is InChI=1S/C13H17ClN4O2/c1-20-7-11-16-10(14)5-12(17-11)18-4-2-3-8-9(18)6-15-13(8)19/h5,8-9H,2-4,6-7H2,1H3,(H,15,19). The van der Waals surface area contributed by atoms with Crippen LogP contribution in [0.15, 0.2) is 6.07 Å². The number of carbonyl (C=O) groups is 1. The second kappa shape index (κ2) is 5.54. The third-order valence-corrected chi connectivity index (χ3v) is 4.09. The highest BCUT2D eigenvalue weighted by atomic mass is 35.5. The topological polar surface area (TPSA) is 67.3 Å². The summed E-state index contributed by atoms with van der Waals surface area (Å²) in [5.74, 6) is 1.55. The summed E-state index contributed by atoms with van der Waals surface area (Å²) in [6, 6.07) is 1.92. The van der Waals surface area contributed by atoms with Gasteiger partial charge in [0.25, 0.3) is 0 Å². The normalized spacial score (nSPS) is 25.5. The van der Waals surface area contributed by atoms with Gasteiger partial charge in [-0.3, -0.25) is 4.79 Å². The molecule has 6 nitrogen and oxygen atoms in total. The van der Waals surface area contributed by atoms with Gasteiger partial charge in [0.1, 0.15) is 17.6 Å². The molecule has 0 spiro atoms. The van der Waals surface area contributed by atoms with Crippen LogP contribution in [0.5, 0.6) is 0 Å². The summed E-state index contributed by atoms with van der Waals surface area (Å²) < 4.78 is 5.06. The molecule has 2 aliphatic rings. The van der Waals surface area contributed by atoms with E-state index in [9.17, 15) is 4.79 Å². The van der Waals surface area contributed by atoms with E-state index in [1.54, 1.807) is 13.2 Å². The molecule has 2 fully saturated rings. The van der Waals surface area contributed by atoms with Crippen LogP contribution < -0.4 is 10.2 Å². The fraction of sp³-hybridized carbons (Fsp3) is 0.615. The van der Waals surface area contributed by atoms with E-state index >= 15 is 0 Å². The van der Waals surface area contributed by atoms with Gasteiger partial charge in [-0.1, -0.05) is 11.6 Å². The van der Waals surface area contributed by atoms with Crippen molar-refractivity contribution in [2.24, 2.45) is 5.92 Å². The largest absolute Gasteiger partial charge is 0.377 e. The SMILES string of the molecule is COCc1nc(Cl)cc(N2CCCC3C(=O)NCC32)n1. The van der Waals surface area contributed by atoms with E-state index in [0.29, 0.717) is 24.1 Å². The number of hydrogen-bond acceptors (Lipinski definition) is 5. The molecule has 20 heavy (non-hydrogen) atoms. The summed E-state index contributed by atoms with van der Waals surface area (Å²) in [6.07, 6.45) is 1.92. The number of fused-ring (bicyclic) bond motifs is 1. The van der Waals surface area contributed by atoms with Crippen molar-refractivity contribution in [2.75, 3.05) is 25.1 Å². The van der Waals surface area contributed by atoms with Crippen LogP contribution in [-0.4, -0.2) is 42.1 Å². The smallest absolute Gasteiger partial charge is 0.225 e. The molecule has 1 amide bonds. The molecule has 2 atom stereocenters. The molecular weight excluding hydrogens is 280 g/mol. The second-order valence-electron chi connectivity index (χ2n) is 5.15. The number of nitrogens with one attached hydrogen (secondary N) is 1. The van der Waals surface area contributed by atoms with Crippen molar-refractivity contribution in [3.63, 3.8) is 0 Å². The lowest BCUT2D eigenvalue weighted by Crippen LogP contribution is -2.46. The first-order valence-electron chi connectivity index (χ1n) is 6.76. The first kappa shape index (κ1) is 13.6. The van der Waals surface area contributed by atoms with E-state index < -0.39 is 0 Å². The van der Waals surface area contributed by atoms with Gasteiger partial charge in [-0.15, -0.1) is 0 Å². The Morgan fingerprint density at radius 2 is 2.40 bits per heavy atom. The molecule has 1 aromatic rings. The van der Waals surface area contributed by atoms with Gasteiger partial charge in [-0.05, 0) is 12.8 Å². The maximum absolute atomic E-state index is 11.8. The lowest BCUT2D eigenvalue weighted by atomic mass is 9.91. The molecule has 1 aromatic heterocycles. The van der Waals surface area contributed by atoms with Crippen LogP contribution in [0.1, 0.15) is 18.7 Å². The Labute approximate surface area is 122 Å². The minimum Gasteiger partial charge on any atom is -0.377 e. The van der Waals surface area contributed by atoms with Gasteiger partial charge in [-0.25, -0.2) is 9.97 Å². The number of nitrogens with zero attached hydrogens (tertiary/aromatic N) is 3. The van der Waals surface area contributed by atoms with Gasteiger partial charge in [-0.2, -0.15) is 0 Å². The molecular formula is C13H17ClN4O2. The molecule has 0 bridgehead atoms. The Morgan fingerprint density at radius 1 is 1.55 bits per heavy atom. The number of anilines is 1. The number of methoxy groups -OCH3 is 1. The molecule has 0 saturated carbocycles. The number of halogens is 1. The van der Waals surface area contributed by atoms with Crippen LogP contribution >= 0.6 is 11.6 Å². The zero-order chi connectivity index (χ0) is 14.1. The van der Waals surface area contributed by atoms with Crippen molar-refractivity contribution in [1.82, 2.24) is 15.3 Å². The van der Waals surface area contributed by atoms with Crippen LogP contribution in [0, 0.1) is 5.92 Å². The minimum atomic E-state index is 0.0587. The molecule has 3 rings (SSSR count). The van der Waals surface area contributed by atoms with Crippen LogP contribution in [0.25, 0.3) is 0 Å². The summed E-state index contributed by atoms with van der Waals surface area (Å²) in [5, 5.41) is 3.34. The zero-order valence-electron chi connectivity index (χ0n) is 11.3. The van der Waals surface area contributed by atoms with Gasteiger partial charge in [0.05, 0.1) is 12.0 Å². The lowest BCUT2D eigenvalue weighted by Gasteiger charge is -2.36. The van der Waals surface area contributed by atoms with Gasteiger partial charge in [0.15, 0.2) is 5.82 Å². The molecule has 108 valence electrons. The summed E-state index contributed by atoms with van der Waals surface area (Å²) in [5.41, 5.74) is 0. The number of rotatable bonds is 3. The van der Waals surface area contributed by atoms with E-state index in [1.807, 2.05) is 0 Å². The first-order chi connectivity index (χ1) is 9.69. The number of amides is 1. The number of ether oxygens (including phenoxy) is 1. The van der Waals surface area contributed by atoms with Gasteiger partial charge < -0.3 is 15.0 Å². The lowest BCUT2D eigenvalue weighted by molar-refractivity contribution is -0.122. The minimum absolute atomic E-state index is 0.0587. The molecule has 2 unspecified atom stereocenters. The summed E-state index contributed by atoms with van der Waals surface area (Å²) in [4.78, 5) is 22.6. The van der Waals surface area contributed by atoms with Gasteiger partial charge in [0.2, 0.25) is 5.91 Å². The first-order valence-corrected chi connectivity index (χ1v) is 7.13. The van der Waals surface area contributed by atoms with E-state index in [1.165, 1.54) is 0 Å². The molecule has 2 saturated heterocycles. The third kappa shape index (κ3) is 2.45. The maximum Gasteiger partial charge on any atom is 0.225 e. The highest BCUT2D eigenvalue weighted by molar-refractivity contribution is 6.29. The fourth-order valence-corrected chi connectivity index (χ4v) is 3.22. The summed E-state index contributed by atoms with van der Waals surface area (Å²) >= 11 is 6.06. The Balaban J connectivity index is 1.89. The van der Waals surface area contributed by atoms with Crippen molar-refractivity contribution in [3.8, 4) is 0 Å². The monoisotopic (exact) mass is 296 g/mol. The molecule has 7 heteroatoms. The van der Waals surface area contributed by atoms with E-state index in [4.69, 9.17) is 16.3 Å². The zero-order valence-corrected chi connectivity index (χ0v) is 12.1. The predicted molar refractivity (Wildman–Crippen MR) is 74.6 cm³/mol. The Morgan fingerprint density at radius 3 is 3.20 bits per heavy atom. The molecule has 3 heterocycles. The number of carbonyl (C=O) groups excluding carboxylic acids is 1. The van der Waals surface area contributed by atoms with Crippen molar-refractivity contribution in [3.05, 3.63) is 17.0 Å². The Bertz CT molecular complexity index is 525. The van der Waals surface area contributed by atoms with E-state index in [0.717, 1.165) is 25.2 Å². The number of piperidine rings is 1. The number of aromatic nitrogens is 2. The quantitative estimate of drug-likeness (QED) is 0.843. The molecule has 1 N–H and O–H groups in total. The molecule has 0 aromatic carbocycles. The molecule has 0 aliphatic carbocycles. The maximum atomic E-state index is 11.8. The van der Waals surface area contributed by atoms with E-state index in [2.05, 4.69) is 20.2 Å². The Hall–Kier alpha value is -1.40. The average molecular weight is 297 g/mol. The van der Waals surface area contributed by atoms with Gasteiger partial charge >= 0.3 is 0 Å². The third-order valence-electron chi connectivity index (χ3n) is 3.90. The molecule has 2 aliphatic heterocycles. The van der Waals surface area contributed by atoms with Crippen LogP contribution in [0.3, 0.4) is 0 Å². The van der Waals surface area contributed by atoms with E-state index in [-0.39, 0.29) is 17.9 Å². The van der Waals surface area contributed by atoms with Crippen molar-refractivity contribution >= 4 is 23.3 Å². The molecule has 0 radical (unpaired) electrons. The Kier molecular flexibility index (Phi) is 3.76. The van der Waals surface area contributed by atoms with Crippen molar-refractivity contribution < 1.29 is 9.53 Å². The van der Waals surface area contributed by atoms with Crippen LogP contribution in [0.2, 0.25) is 5.15 Å². The highest BCUT2D eigenvalue weighted by Gasteiger charge is 2.41. The predicted octanol–water partition coefficient (Wildman–Crippen LogP) is 0.991. The van der Waals surface area contributed by atoms with Crippen LogP contribution in [-0.2, 0) is 16.1 Å². The van der Waals surface area contributed by atoms with Crippen LogP contribution in [0.4, 0.5) is 5.82 Å². The summed E-state index contributed by atoms with van der Waals surface area (Å²) in [6.45, 7) is 1.88. The van der Waals surface area contributed by atoms with Crippen molar-refractivity contribution in [2.45, 2.75) is 25.5 Å². The second-order valence-corrected chi connectivity index (χ2v) is 5.54. The summed E-state index contributed by atoms with van der Waals surface area (Å²) in [7, 11) is 1.60.